The molecule has 1 aliphatic rings. The van der Waals surface area contributed by atoms with Crippen molar-refractivity contribution in [1.29, 1.82) is 0 Å². The third kappa shape index (κ3) is 2.68. The van der Waals surface area contributed by atoms with Gasteiger partial charge in [-0.3, -0.25) is 0 Å². The maximum absolute atomic E-state index is 11.4. The maximum Gasteiger partial charge on any atom is 0.339 e. The molecule has 19 heavy (non-hydrogen) atoms. The minimum atomic E-state index is -0.954. The largest absolute Gasteiger partial charge is 0.478 e. The molecule has 1 aromatic heterocycles. The van der Waals surface area contributed by atoms with Crippen LogP contribution in [0.4, 0.5) is 5.82 Å². The van der Waals surface area contributed by atoms with E-state index in [9.17, 15) is 9.90 Å². The molecule has 2 N–H and O–H groups in total. The smallest absolute Gasteiger partial charge is 0.339 e. The Morgan fingerprint density at radius 3 is 2.58 bits per heavy atom. The predicted molar refractivity (Wildman–Crippen MR) is 77.1 cm³/mol. The van der Waals surface area contributed by atoms with E-state index < -0.39 is 5.97 Å². The lowest BCUT2D eigenvalue weighted by Gasteiger charge is -2.40. The first-order valence-corrected chi connectivity index (χ1v) is 7.58. The molecule has 6 heteroatoms. The minimum absolute atomic E-state index is 0.232. The summed E-state index contributed by atoms with van der Waals surface area (Å²) in [6, 6.07) is 0. The number of anilines is 1. The van der Waals surface area contributed by atoms with Crippen LogP contribution in [0.5, 0.6) is 0 Å². The van der Waals surface area contributed by atoms with Gasteiger partial charge < -0.3 is 10.4 Å². The molecule has 0 saturated heterocycles. The average molecular weight is 281 g/mol. The molecular formula is C13H19N3O2S. The van der Waals surface area contributed by atoms with Crippen molar-refractivity contribution in [3.05, 3.63) is 16.8 Å². The Kier molecular flexibility index (Phi) is 3.99. The SMILES string of the molecule is CSC1(CNc2nnc(C)c(C)c2C(=O)O)CCC1. The lowest BCUT2D eigenvalue weighted by molar-refractivity contribution is 0.0696. The Morgan fingerprint density at radius 2 is 2.11 bits per heavy atom. The fourth-order valence-corrected chi connectivity index (χ4v) is 3.18. The number of rotatable bonds is 5. The predicted octanol–water partition coefficient (Wildman–Crippen LogP) is 2.49. The Labute approximate surface area is 117 Å². The van der Waals surface area contributed by atoms with Crippen LogP contribution in [-0.4, -0.2) is 38.8 Å². The van der Waals surface area contributed by atoms with E-state index in [1.807, 2.05) is 11.8 Å². The molecule has 0 spiro atoms. The van der Waals surface area contributed by atoms with Crippen molar-refractivity contribution in [3.8, 4) is 0 Å². The van der Waals surface area contributed by atoms with E-state index in [0.717, 1.165) is 6.54 Å². The summed E-state index contributed by atoms with van der Waals surface area (Å²) < 4.78 is 0.232. The zero-order chi connectivity index (χ0) is 14.0. The highest BCUT2D eigenvalue weighted by Gasteiger charge is 2.36. The third-order valence-electron chi connectivity index (χ3n) is 3.94. The van der Waals surface area contributed by atoms with Crippen LogP contribution in [0, 0.1) is 13.8 Å². The summed E-state index contributed by atoms with van der Waals surface area (Å²) in [4.78, 5) is 11.4. The molecule has 0 bridgehead atoms. The van der Waals surface area contributed by atoms with Crippen molar-refractivity contribution in [2.75, 3.05) is 18.1 Å². The summed E-state index contributed by atoms with van der Waals surface area (Å²) in [6.45, 7) is 4.28. The number of aromatic carboxylic acids is 1. The van der Waals surface area contributed by atoms with E-state index in [-0.39, 0.29) is 10.3 Å². The second-order valence-corrected chi connectivity index (χ2v) is 6.31. The summed E-state index contributed by atoms with van der Waals surface area (Å²) in [7, 11) is 0. The first-order chi connectivity index (χ1) is 8.99. The highest BCUT2D eigenvalue weighted by Crippen LogP contribution is 2.42. The summed E-state index contributed by atoms with van der Waals surface area (Å²) in [5.41, 5.74) is 1.58. The maximum atomic E-state index is 11.4. The number of aromatic nitrogens is 2. The number of thioether (sulfide) groups is 1. The van der Waals surface area contributed by atoms with Gasteiger partial charge in [-0.2, -0.15) is 16.9 Å². The van der Waals surface area contributed by atoms with Crippen LogP contribution in [0.1, 0.15) is 40.9 Å². The molecule has 0 aliphatic heterocycles. The summed E-state index contributed by atoms with van der Waals surface area (Å²) in [5, 5.41) is 20.5. The highest BCUT2D eigenvalue weighted by atomic mass is 32.2. The van der Waals surface area contributed by atoms with Gasteiger partial charge in [0.25, 0.3) is 0 Å². The van der Waals surface area contributed by atoms with Gasteiger partial charge in [0.2, 0.25) is 0 Å². The second-order valence-electron chi connectivity index (χ2n) is 5.03. The zero-order valence-electron chi connectivity index (χ0n) is 11.5. The molecule has 1 aromatic rings. The van der Waals surface area contributed by atoms with E-state index in [1.54, 1.807) is 13.8 Å². The standard InChI is InChI=1S/C13H19N3O2S/c1-8-9(2)15-16-11(10(8)12(17)18)14-7-13(19-3)5-4-6-13/h4-7H2,1-3H3,(H,14,16)(H,17,18). The van der Waals surface area contributed by atoms with Crippen molar-refractivity contribution in [2.45, 2.75) is 37.9 Å². The second kappa shape index (κ2) is 5.36. The van der Waals surface area contributed by atoms with E-state index in [1.165, 1.54) is 19.3 Å². The van der Waals surface area contributed by atoms with Crippen molar-refractivity contribution in [2.24, 2.45) is 0 Å². The van der Waals surface area contributed by atoms with Crippen LogP contribution in [-0.2, 0) is 0 Å². The molecule has 1 heterocycles. The number of nitrogens with one attached hydrogen (secondary N) is 1. The van der Waals surface area contributed by atoms with E-state index >= 15 is 0 Å². The first kappa shape index (κ1) is 14.1. The Balaban J connectivity index is 2.20. The average Bonchev–Trinajstić information content (AvgIpc) is 2.32. The van der Waals surface area contributed by atoms with Gasteiger partial charge in [0, 0.05) is 11.3 Å². The fourth-order valence-electron chi connectivity index (χ4n) is 2.26. The third-order valence-corrected chi connectivity index (χ3v) is 5.36. The van der Waals surface area contributed by atoms with Crippen LogP contribution in [0.25, 0.3) is 0 Å². The summed E-state index contributed by atoms with van der Waals surface area (Å²) in [6.07, 6.45) is 5.68. The highest BCUT2D eigenvalue weighted by molar-refractivity contribution is 8.00. The minimum Gasteiger partial charge on any atom is -0.478 e. The van der Waals surface area contributed by atoms with Gasteiger partial charge in [0.1, 0.15) is 5.56 Å². The Morgan fingerprint density at radius 1 is 1.42 bits per heavy atom. The Bertz CT molecular complexity index is 495. The van der Waals surface area contributed by atoms with Gasteiger partial charge in [-0.1, -0.05) is 6.42 Å². The topological polar surface area (TPSA) is 75.1 Å². The first-order valence-electron chi connectivity index (χ1n) is 6.35. The monoisotopic (exact) mass is 281 g/mol. The van der Waals surface area contributed by atoms with Crippen molar-refractivity contribution in [3.63, 3.8) is 0 Å². The van der Waals surface area contributed by atoms with Gasteiger partial charge in [0.05, 0.1) is 5.69 Å². The number of carboxylic acid groups (broad SMARTS) is 1. The van der Waals surface area contributed by atoms with Crippen LogP contribution in [0.15, 0.2) is 0 Å². The molecule has 0 atom stereocenters. The van der Waals surface area contributed by atoms with E-state index in [2.05, 4.69) is 21.8 Å². The molecule has 5 nitrogen and oxygen atoms in total. The summed E-state index contributed by atoms with van der Waals surface area (Å²) >= 11 is 1.84. The summed E-state index contributed by atoms with van der Waals surface area (Å²) in [5.74, 6) is -0.569. The molecule has 1 fully saturated rings. The van der Waals surface area contributed by atoms with Crippen molar-refractivity contribution in [1.82, 2.24) is 10.2 Å². The quantitative estimate of drug-likeness (QED) is 0.863. The van der Waals surface area contributed by atoms with Crippen LogP contribution in [0.2, 0.25) is 0 Å². The number of aryl methyl sites for hydroxylation is 1. The van der Waals surface area contributed by atoms with Crippen molar-refractivity contribution >= 4 is 23.5 Å². The van der Waals surface area contributed by atoms with Gasteiger partial charge >= 0.3 is 5.97 Å². The molecule has 2 rings (SSSR count). The lowest BCUT2D eigenvalue weighted by atomic mass is 9.84. The molecular weight excluding hydrogens is 262 g/mol. The molecule has 1 aliphatic carbocycles. The molecule has 0 unspecified atom stereocenters. The fraction of sp³-hybridized carbons (Fsp3) is 0.615. The van der Waals surface area contributed by atoms with Crippen LogP contribution < -0.4 is 5.32 Å². The number of hydrogen-bond donors (Lipinski definition) is 2. The normalized spacial score (nSPS) is 16.8. The molecule has 0 amide bonds. The Hall–Kier alpha value is -1.30. The lowest BCUT2D eigenvalue weighted by Crippen LogP contribution is -2.40. The van der Waals surface area contributed by atoms with Gasteiger partial charge in [-0.25, -0.2) is 4.79 Å². The van der Waals surface area contributed by atoms with Gasteiger partial charge in [0.15, 0.2) is 5.82 Å². The van der Waals surface area contributed by atoms with E-state index in [4.69, 9.17) is 0 Å². The molecule has 0 aromatic carbocycles. The zero-order valence-corrected chi connectivity index (χ0v) is 12.3. The number of nitrogens with zero attached hydrogens (tertiary/aromatic N) is 2. The molecule has 104 valence electrons. The van der Waals surface area contributed by atoms with Gasteiger partial charge in [-0.15, -0.1) is 5.10 Å². The van der Waals surface area contributed by atoms with Crippen molar-refractivity contribution < 1.29 is 9.90 Å². The molecule has 0 radical (unpaired) electrons. The van der Waals surface area contributed by atoms with E-state index in [0.29, 0.717) is 17.1 Å². The number of carbonyl (C=O) groups is 1. The van der Waals surface area contributed by atoms with Crippen LogP contribution >= 0.6 is 11.8 Å². The number of hydrogen-bond acceptors (Lipinski definition) is 5. The van der Waals surface area contributed by atoms with Gasteiger partial charge in [-0.05, 0) is 38.5 Å². The molecule has 1 saturated carbocycles. The van der Waals surface area contributed by atoms with Crippen LogP contribution in [0.3, 0.4) is 0 Å². The number of carboxylic acids is 1.